The van der Waals surface area contributed by atoms with E-state index >= 15 is 0 Å². The van der Waals surface area contributed by atoms with Crippen LogP contribution in [0.25, 0.3) is 21.8 Å². The van der Waals surface area contributed by atoms with Crippen molar-refractivity contribution in [3.05, 3.63) is 72.1 Å². The number of esters is 1. The number of hydrogen-bond donors (Lipinski definition) is 4. The van der Waals surface area contributed by atoms with Crippen LogP contribution in [0.15, 0.2) is 60.7 Å². The molecule has 1 aliphatic carbocycles. The first-order valence-electron chi connectivity index (χ1n) is 13.1. The van der Waals surface area contributed by atoms with Gasteiger partial charge in [0.15, 0.2) is 11.4 Å². The number of nitrogen functional groups attached to an aromatic ring is 2. The highest BCUT2D eigenvalue weighted by Crippen LogP contribution is 2.34. The summed E-state index contributed by atoms with van der Waals surface area (Å²) in [6, 6.07) is 18.0. The lowest BCUT2D eigenvalue weighted by atomic mass is 9.75. The average Bonchev–Trinajstić information content (AvgIpc) is 2.96. The molecule has 2 aromatic heterocycles. The molecule has 6 N–H and O–H groups in total. The summed E-state index contributed by atoms with van der Waals surface area (Å²) in [6.45, 7) is 1.74. The number of ether oxygens (including phenoxy) is 1. The molecule has 1 aliphatic rings. The number of hydrogen-bond acceptors (Lipinski definition) is 8. The number of nitrogens with two attached hydrogens (primary N) is 2. The second-order valence-electron chi connectivity index (χ2n) is 10.0. The molecule has 0 aliphatic heterocycles. The Morgan fingerprint density at radius 2 is 1.38 bits per heavy atom. The van der Waals surface area contributed by atoms with Gasteiger partial charge in [-0.2, -0.15) is 0 Å². The number of para-hydroxylation sites is 2. The molecule has 208 valence electrons. The molecule has 40 heavy (non-hydrogen) atoms. The van der Waals surface area contributed by atoms with Crippen LogP contribution in [0.1, 0.15) is 60.0 Å². The highest BCUT2D eigenvalue weighted by Gasteiger charge is 2.44. The van der Waals surface area contributed by atoms with Gasteiger partial charge in [-0.15, -0.1) is 0 Å². The number of methoxy groups -OCH3 is 1. The predicted octanol–water partition coefficient (Wildman–Crippen LogP) is 4.57. The number of nitrogens with one attached hydrogen (secondary N) is 1. The number of amides is 1. The Morgan fingerprint density at radius 3 is 1.90 bits per heavy atom. The number of nitrogens with zero attached hydrogens (tertiary/aromatic N) is 2. The second kappa shape index (κ2) is 12.0. The zero-order chi connectivity index (χ0) is 28.9. The summed E-state index contributed by atoms with van der Waals surface area (Å²) in [7, 11) is 1.35. The highest BCUT2D eigenvalue weighted by atomic mass is 16.5. The summed E-state index contributed by atoms with van der Waals surface area (Å²) in [5, 5.41) is 13.4. The van der Waals surface area contributed by atoms with Gasteiger partial charge in [-0.1, -0.05) is 55.7 Å². The van der Waals surface area contributed by atoms with Crippen LogP contribution < -0.4 is 16.8 Å². The minimum absolute atomic E-state index is 0.0364. The number of pyridine rings is 2. The van der Waals surface area contributed by atoms with Gasteiger partial charge in [-0.05, 0) is 49.9 Å². The number of aromatic carboxylic acids is 1. The third kappa shape index (κ3) is 5.96. The van der Waals surface area contributed by atoms with Crippen LogP contribution in [0.4, 0.5) is 11.4 Å². The van der Waals surface area contributed by atoms with Gasteiger partial charge in [-0.3, -0.25) is 4.79 Å². The van der Waals surface area contributed by atoms with Gasteiger partial charge >= 0.3 is 11.9 Å². The number of carboxylic acid groups (broad SMARTS) is 1. The zero-order valence-electron chi connectivity index (χ0n) is 22.5. The van der Waals surface area contributed by atoms with Crippen LogP contribution in [0.3, 0.4) is 0 Å². The minimum atomic E-state index is -1.10. The van der Waals surface area contributed by atoms with Crippen LogP contribution in [-0.4, -0.2) is 45.6 Å². The first kappa shape index (κ1) is 28.3. The minimum Gasteiger partial charge on any atom is -0.476 e. The largest absolute Gasteiger partial charge is 0.476 e. The van der Waals surface area contributed by atoms with E-state index in [0.29, 0.717) is 11.0 Å². The fourth-order valence-electron chi connectivity index (χ4n) is 5.12. The standard InChI is InChI=1S/C20H25N3O3.C10H8N2O2/c1-20(19(25)26-2,14-9-4-3-5-10-14)23-18(24)17-15(21)12-13-8-6-7-11-16(13)22-17;11-7-5-6-3-1-2-4-8(6)12-9(7)10(13)14/h6-8,11-12,14H,3-5,9-10,21H2,1-2H3,(H,23,24);1-5H,11H2,(H,13,14)/t20-;/m0./s1. The van der Waals surface area contributed by atoms with Gasteiger partial charge in [0, 0.05) is 10.8 Å². The van der Waals surface area contributed by atoms with Gasteiger partial charge in [0.2, 0.25) is 0 Å². The van der Waals surface area contributed by atoms with Crippen LogP contribution in [-0.2, 0) is 9.53 Å². The number of carbonyl (C=O) groups excluding carboxylic acids is 2. The summed E-state index contributed by atoms with van der Waals surface area (Å²) in [6.07, 6.45) is 5.01. The lowest BCUT2D eigenvalue weighted by Crippen LogP contribution is -2.58. The molecule has 1 fully saturated rings. The Morgan fingerprint density at radius 1 is 0.875 bits per heavy atom. The topological polar surface area (TPSA) is 171 Å². The molecule has 0 bridgehead atoms. The van der Waals surface area contributed by atoms with Crippen molar-refractivity contribution >= 4 is 51.0 Å². The van der Waals surface area contributed by atoms with E-state index in [1.165, 1.54) is 7.11 Å². The summed E-state index contributed by atoms with van der Waals surface area (Å²) in [5.74, 6) is -1.95. The van der Waals surface area contributed by atoms with E-state index in [9.17, 15) is 14.4 Å². The normalized spacial score (nSPS) is 14.9. The molecule has 5 rings (SSSR count). The van der Waals surface area contributed by atoms with Crippen molar-refractivity contribution in [2.75, 3.05) is 18.6 Å². The van der Waals surface area contributed by atoms with Crippen LogP contribution in [0.2, 0.25) is 0 Å². The SMILES string of the molecule is COC(=O)[C@@](C)(NC(=O)c1nc2ccccc2cc1N)C1CCCCC1.Nc1cc2ccccc2nc1C(=O)O. The maximum Gasteiger partial charge on any atom is 0.356 e. The van der Waals surface area contributed by atoms with E-state index in [2.05, 4.69) is 15.3 Å². The number of carboxylic acids is 1. The average molecular weight is 544 g/mol. The van der Waals surface area contributed by atoms with E-state index in [-0.39, 0.29) is 28.7 Å². The van der Waals surface area contributed by atoms with E-state index in [1.807, 2.05) is 36.4 Å². The Labute approximate surface area is 231 Å². The van der Waals surface area contributed by atoms with Crippen molar-refractivity contribution in [2.24, 2.45) is 5.92 Å². The number of benzene rings is 2. The van der Waals surface area contributed by atoms with Crippen LogP contribution >= 0.6 is 0 Å². The number of carbonyl (C=O) groups is 3. The molecule has 1 saturated carbocycles. The first-order chi connectivity index (χ1) is 19.1. The van der Waals surface area contributed by atoms with Crippen LogP contribution in [0, 0.1) is 5.92 Å². The molecule has 2 aromatic carbocycles. The third-order valence-electron chi connectivity index (χ3n) is 7.33. The number of fused-ring (bicyclic) bond motifs is 2. The monoisotopic (exact) mass is 543 g/mol. The molecule has 0 unspecified atom stereocenters. The van der Waals surface area contributed by atoms with Crippen molar-refractivity contribution in [3.8, 4) is 0 Å². The quantitative estimate of drug-likeness (QED) is 0.263. The molecule has 4 aromatic rings. The van der Waals surface area contributed by atoms with Gasteiger partial charge in [-0.25, -0.2) is 19.6 Å². The van der Waals surface area contributed by atoms with Gasteiger partial charge in [0.1, 0.15) is 5.54 Å². The fraction of sp³-hybridized carbons (Fsp3) is 0.300. The molecule has 10 heteroatoms. The molecular formula is C30H33N5O5. The van der Waals surface area contributed by atoms with Crippen molar-refractivity contribution in [1.29, 1.82) is 0 Å². The van der Waals surface area contributed by atoms with E-state index < -0.39 is 23.4 Å². The smallest absolute Gasteiger partial charge is 0.356 e. The Bertz CT molecular complexity index is 1570. The van der Waals surface area contributed by atoms with E-state index in [1.54, 1.807) is 31.2 Å². The van der Waals surface area contributed by atoms with Crippen molar-refractivity contribution in [3.63, 3.8) is 0 Å². The lowest BCUT2D eigenvalue weighted by Gasteiger charge is -2.38. The van der Waals surface area contributed by atoms with Gasteiger partial charge < -0.3 is 26.6 Å². The number of rotatable bonds is 5. The van der Waals surface area contributed by atoms with E-state index in [0.717, 1.165) is 42.9 Å². The maximum atomic E-state index is 12.9. The molecule has 1 atom stereocenters. The van der Waals surface area contributed by atoms with Gasteiger partial charge in [0.05, 0.1) is 29.5 Å². The third-order valence-corrected chi connectivity index (χ3v) is 7.33. The summed E-state index contributed by atoms with van der Waals surface area (Å²) < 4.78 is 5.00. The Kier molecular flexibility index (Phi) is 8.47. The molecular weight excluding hydrogens is 510 g/mol. The second-order valence-corrected chi connectivity index (χ2v) is 10.0. The van der Waals surface area contributed by atoms with Crippen molar-refractivity contribution in [2.45, 2.75) is 44.6 Å². The summed E-state index contributed by atoms with van der Waals surface area (Å²) in [5.41, 5.74) is 12.3. The molecule has 0 spiro atoms. The summed E-state index contributed by atoms with van der Waals surface area (Å²) >= 11 is 0. The van der Waals surface area contributed by atoms with E-state index in [4.69, 9.17) is 21.3 Å². The number of aromatic nitrogens is 2. The lowest BCUT2D eigenvalue weighted by molar-refractivity contribution is -0.150. The van der Waals surface area contributed by atoms with Crippen molar-refractivity contribution in [1.82, 2.24) is 15.3 Å². The highest BCUT2D eigenvalue weighted by molar-refractivity contribution is 6.02. The fourth-order valence-corrected chi connectivity index (χ4v) is 5.12. The van der Waals surface area contributed by atoms with Crippen LogP contribution in [0.5, 0.6) is 0 Å². The molecule has 10 nitrogen and oxygen atoms in total. The summed E-state index contributed by atoms with van der Waals surface area (Å²) in [4.78, 5) is 44.5. The first-order valence-corrected chi connectivity index (χ1v) is 13.1. The number of anilines is 2. The molecule has 0 saturated heterocycles. The van der Waals surface area contributed by atoms with Crippen molar-refractivity contribution < 1.29 is 24.2 Å². The zero-order valence-corrected chi connectivity index (χ0v) is 22.5. The maximum absolute atomic E-state index is 12.9. The molecule has 1 amide bonds. The Balaban J connectivity index is 0.000000222. The predicted molar refractivity (Wildman–Crippen MR) is 154 cm³/mol. The molecule has 2 heterocycles. The molecule has 0 radical (unpaired) electrons. The Hall–Kier alpha value is -4.73. The van der Waals surface area contributed by atoms with Gasteiger partial charge in [0.25, 0.3) is 5.91 Å².